The summed E-state index contributed by atoms with van der Waals surface area (Å²) >= 11 is 1.67. The second-order valence-corrected chi connectivity index (χ2v) is 6.93. The number of aryl methyl sites for hydroxylation is 2. The number of thiophene rings is 1. The Morgan fingerprint density at radius 1 is 1.17 bits per heavy atom. The summed E-state index contributed by atoms with van der Waals surface area (Å²) in [7, 11) is 5.02. The van der Waals surface area contributed by atoms with Crippen LogP contribution >= 0.6 is 11.3 Å². The van der Waals surface area contributed by atoms with E-state index in [9.17, 15) is 4.79 Å². The number of carbonyl (C=O) groups excluding carboxylic acids is 1. The van der Waals surface area contributed by atoms with Crippen LogP contribution in [0.25, 0.3) is 6.08 Å². The molecular formula is C19H23NO3S. The molecule has 1 amide bonds. The molecule has 0 saturated heterocycles. The first-order chi connectivity index (χ1) is 11.4. The number of carbonyl (C=O) groups is 1. The van der Waals surface area contributed by atoms with E-state index in [0.717, 1.165) is 16.0 Å². The van der Waals surface area contributed by atoms with Crippen molar-refractivity contribution in [3.63, 3.8) is 0 Å². The lowest BCUT2D eigenvalue weighted by Gasteiger charge is -2.18. The molecule has 2 rings (SSSR count). The third kappa shape index (κ3) is 4.38. The van der Waals surface area contributed by atoms with Crippen molar-refractivity contribution in [1.82, 2.24) is 4.90 Å². The van der Waals surface area contributed by atoms with Gasteiger partial charge in [-0.2, -0.15) is 0 Å². The molecule has 0 atom stereocenters. The van der Waals surface area contributed by atoms with Crippen LogP contribution in [0.3, 0.4) is 0 Å². The normalized spacial score (nSPS) is 10.9. The summed E-state index contributed by atoms with van der Waals surface area (Å²) in [6, 6.07) is 7.91. The summed E-state index contributed by atoms with van der Waals surface area (Å²) in [5, 5.41) is 0. The van der Waals surface area contributed by atoms with Crippen LogP contribution in [0.15, 0.2) is 30.3 Å². The fraction of sp³-hybridized carbons (Fsp3) is 0.316. The van der Waals surface area contributed by atoms with Crippen molar-refractivity contribution in [2.45, 2.75) is 20.4 Å². The Kier molecular flexibility index (Phi) is 6.04. The molecule has 0 fully saturated rings. The minimum absolute atomic E-state index is 0.0322. The summed E-state index contributed by atoms with van der Waals surface area (Å²) in [4.78, 5) is 16.3. The van der Waals surface area contributed by atoms with Crippen LogP contribution in [0, 0.1) is 13.8 Å². The summed E-state index contributed by atoms with van der Waals surface area (Å²) in [6.07, 6.45) is 3.47. The van der Waals surface area contributed by atoms with Crippen molar-refractivity contribution in [1.29, 1.82) is 0 Å². The van der Waals surface area contributed by atoms with Crippen molar-refractivity contribution in [3.8, 4) is 11.5 Å². The van der Waals surface area contributed by atoms with E-state index in [0.29, 0.717) is 18.0 Å². The molecule has 24 heavy (non-hydrogen) atoms. The lowest BCUT2D eigenvalue weighted by molar-refractivity contribution is -0.125. The highest BCUT2D eigenvalue weighted by Gasteiger charge is 2.12. The molecule has 1 aromatic carbocycles. The van der Waals surface area contributed by atoms with Gasteiger partial charge < -0.3 is 14.4 Å². The first kappa shape index (κ1) is 18.1. The Hall–Kier alpha value is -2.27. The molecule has 5 heteroatoms. The van der Waals surface area contributed by atoms with E-state index >= 15 is 0 Å². The largest absolute Gasteiger partial charge is 0.493 e. The summed E-state index contributed by atoms with van der Waals surface area (Å²) in [6.45, 7) is 4.56. The van der Waals surface area contributed by atoms with Crippen molar-refractivity contribution in [2.75, 3.05) is 21.3 Å². The van der Waals surface area contributed by atoms with Gasteiger partial charge in [-0.1, -0.05) is 0 Å². The number of methoxy groups -OCH3 is 2. The second kappa shape index (κ2) is 8.02. The van der Waals surface area contributed by atoms with Crippen LogP contribution in [-0.4, -0.2) is 32.1 Å². The maximum absolute atomic E-state index is 12.3. The highest BCUT2D eigenvalue weighted by atomic mass is 32.1. The molecule has 0 bridgehead atoms. The lowest BCUT2D eigenvalue weighted by atomic mass is 10.1. The monoisotopic (exact) mass is 345 g/mol. The van der Waals surface area contributed by atoms with Gasteiger partial charge in [0.05, 0.1) is 14.2 Å². The van der Waals surface area contributed by atoms with Crippen molar-refractivity contribution in [2.24, 2.45) is 0 Å². The number of hydrogen-bond acceptors (Lipinski definition) is 4. The van der Waals surface area contributed by atoms with E-state index in [4.69, 9.17) is 9.47 Å². The molecule has 0 aliphatic carbocycles. The minimum atomic E-state index is -0.0322. The highest BCUT2D eigenvalue weighted by Crippen LogP contribution is 2.30. The van der Waals surface area contributed by atoms with Crippen LogP contribution in [0.4, 0.5) is 0 Å². The van der Waals surface area contributed by atoms with E-state index in [1.165, 1.54) is 4.88 Å². The predicted molar refractivity (Wildman–Crippen MR) is 98.8 cm³/mol. The zero-order valence-electron chi connectivity index (χ0n) is 14.8. The number of amides is 1. The van der Waals surface area contributed by atoms with E-state index in [1.54, 1.807) is 43.6 Å². The average molecular weight is 345 g/mol. The third-order valence-electron chi connectivity index (χ3n) is 3.78. The Labute approximate surface area is 147 Å². The maximum Gasteiger partial charge on any atom is 0.246 e. The zero-order valence-corrected chi connectivity index (χ0v) is 15.6. The van der Waals surface area contributed by atoms with E-state index in [-0.39, 0.29) is 5.91 Å². The number of hydrogen-bond donors (Lipinski definition) is 0. The zero-order chi connectivity index (χ0) is 17.7. The average Bonchev–Trinajstić information content (AvgIpc) is 2.99. The Morgan fingerprint density at radius 2 is 1.83 bits per heavy atom. The summed E-state index contributed by atoms with van der Waals surface area (Å²) < 4.78 is 10.6. The molecule has 1 aromatic heterocycles. The topological polar surface area (TPSA) is 38.8 Å². The van der Waals surface area contributed by atoms with Crippen LogP contribution in [0.2, 0.25) is 0 Å². The molecule has 0 N–H and O–H groups in total. The first-order valence-corrected chi connectivity index (χ1v) is 8.47. The highest BCUT2D eigenvalue weighted by molar-refractivity contribution is 7.12. The third-order valence-corrected chi connectivity index (χ3v) is 4.74. The molecule has 0 saturated carbocycles. The fourth-order valence-corrected chi connectivity index (χ4v) is 3.13. The van der Waals surface area contributed by atoms with Gasteiger partial charge in [0, 0.05) is 29.4 Å². The predicted octanol–water partition coefficient (Wildman–Crippen LogP) is 4.05. The Balaban J connectivity index is 2.09. The summed E-state index contributed by atoms with van der Waals surface area (Å²) in [5.74, 6) is 1.33. The standard InChI is InChI=1S/C19H23NO3S/c1-13-10-17(22-4)18(23-5)11-15(13)12-20(3)19(21)9-8-16-7-6-14(2)24-16/h6-11H,12H2,1-5H3/b9-8+. The molecule has 0 aliphatic rings. The van der Waals surface area contributed by atoms with Gasteiger partial charge in [-0.15, -0.1) is 11.3 Å². The Bertz CT molecular complexity index is 749. The van der Waals surface area contributed by atoms with E-state index in [1.807, 2.05) is 37.3 Å². The SMILES string of the molecule is COc1cc(C)c(CN(C)C(=O)/C=C/c2ccc(C)s2)cc1OC. The molecule has 0 radical (unpaired) electrons. The van der Waals surface area contributed by atoms with Crippen molar-refractivity contribution in [3.05, 3.63) is 51.2 Å². The van der Waals surface area contributed by atoms with Crippen molar-refractivity contribution < 1.29 is 14.3 Å². The molecular weight excluding hydrogens is 322 g/mol. The van der Waals surface area contributed by atoms with E-state index in [2.05, 4.69) is 6.92 Å². The van der Waals surface area contributed by atoms with E-state index < -0.39 is 0 Å². The number of rotatable bonds is 6. The molecule has 4 nitrogen and oxygen atoms in total. The minimum Gasteiger partial charge on any atom is -0.493 e. The lowest BCUT2D eigenvalue weighted by Crippen LogP contribution is -2.24. The molecule has 128 valence electrons. The second-order valence-electron chi connectivity index (χ2n) is 5.61. The number of nitrogens with zero attached hydrogens (tertiary/aromatic N) is 1. The van der Waals surface area contributed by atoms with Gasteiger partial charge >= 0.3 is 0 Å². The summed E-state index contributed by atoms with van der Waals surface area (Å²) in [5.41, 5.74) is 2.09. The van der Waals surface area contributed by atoms with Crippen LogP contribution in [0.1, 0.15) is 20.9 Å². The first-order valence-electron chi connectivity index (χ1n) is 7.65. The molecule has 1 heterocycles. The van der Waals surface area contributed by atoms with Gasteiger partial charge in [-0.3, -0.25) is 4.79 Å². The fourth-order valence-electron chi connectivity index (χ4n) is 2.35. The smallest absolute Gasteiger partial charge is 0.246 e. The van der Waals surface area contributed by atoms with Crippen LogP contribution < -0.4 is 9.47 Å². The van der Waals surface area contributed by atoms with Gasteiger partial charge in [0.15, 0.2) is 11.5 Å². The van der Waals surface area contributed by atoms with Crippen LogP contribution in [0.5, 0.6) is 11.5 Å². The number of benzene rings is 1. The van der Waals surface area contributed by atoms with Gasteiger partial charge in [-0.25, -0.2) is 0 Å². The number of likely N-dealkylation sites (N-methyl/N-ethyl adjacent to an activating group) is 1. The van der Waals surface area contributed by atoms with Gasteiger partial charge in [0.25, 0.3) is 0 Å². The maximum atomic E-state index is 12.3. The van der Waals surface area contributed by atoms with Crippen molar-refractivity contribution >= 4 is 23.3 Å². The molecule has 0 unspecified atom stereocenters. The quantitative estimate of drug-likeness (QED) is 0.741. The molecule has 0 spiro atoms. The Morgan fingerprint density at radius 3 is 2.42 bits per heavy atom. The molecule has 2 aromatic rings. The van der Waals surface area contributed by atoms with Gasteiger partial charge in [0.1, 0.15) is 0 Å². The van der Waals surface area contributed by atoms with Crippen LogP contribution in [-0.2, 0) is 11.3 Å². The van der Waals surface area contributed by atoms with Gasteiger partial charge in [-0.05, 0) is 55.3 Å². The number of ether oxygens (including phenoxy) is 2. The van der Waals surface area contributed by atoms with Gasteiger partial charge in [0.2, 0.25) is 5.91 Å². The molecule has 0 aliphatic heterocycles.